The fourth-order valence-electron chi connectivity index (χ4n) is 2.15. The van der Waals surface area contributed by atoms with E-state index in [-0.39, 0.29) is 0 Å². The fourth-order valence-corrected chi connectivity index (χ4v) is 2.15. The Morgan fingerprint density at radius 1 is 1.21 bits per heavy atom. The molecule has 1 aliphatic rings. The maximum absolute atomic E-state index is 12.7. The Labute approximate surface area is 159 Å². The van der Waals surface area contributed by atoms with Crippen molar-refractivity contribution in [3.05, 3.63) is 36.0 Å². The van der Waals surface area contributed by atoms with Crippen LogP contribution in [0.5, 0.6) is 0 Å². The van der Waals surface area contributed by atoms with Crippen molar-refractivity contribution < 1.29 is 39.9 Å². The van der Waals surface area contributed by atoms with Crippen molar-refractivity contribution in [3.63, 3.8) is 0 Å². The number of carbonyl (C=O) groups excluding carboxylic acids is 1. The molecule has 0 unspecified atom stereocenters. The second-order valence-electron chi connectivity index (χ2n) is 6.22. The van der Waals surface area contributed by atoms with Gasteiger partial charge in [0.25, 0.3) is 5.92 Å². The lowest BCUT2D eigenvalue weighted by molar-refractivity contribution is -0.160. The highest BCUT2D eigenvalue weighted by Crippen LogP contribution is 2.29. The van der Waals surface area contributed by atoms with Crippen molar-refractivity contribution in [2.24, 2.45) is 0 Å². The molecular weight excluding hydrogens is 416 g/mol. The third-order valence-electron chi connectivity index (χ3n) is 3.67. The molecule has 1 aromatic heterocycles. The molecule has 1 saturated heterocycles. The Balaban J connectivity index is 2.19. The molecule has 1 amide bonds. The zero-order chi connectivity index (χ0) is 22.0. The van der Waals surface area contributed by atoms with Crippen molar-refractivity contribution in [2.45, 2.75) is 31.6 Å². The van der Waals surface area contributed by atoms with Gasteiger partial charge >= 0.3 is 12.4 Å². The van der Waals surface area contributed by atoms with E-state index in [1.54, 1.807) is 0 Å². The maximum atomic E-state index is 12.7. The molecule has 0 N–H and O–H groups in total. The van der Waals surface area contributed by atoms with Crippen LogP contribution in [0.15, 0.2) is 30.1 Å². The summed E-state index contributed by atoms with van der Waals surface area (Å²) in [5, 5.41) is 3.70. The summed E-state index contributed by atoms with van der Waals surface area (Å²) in [6, 6.07) is 0. The predicted molar refractivity (Wildman–Crippen MR) is 85.3 cm³/mol. The number of aromatic nitrogens is 3. The van der Waals surface area contributed by atoms with E-state index in [2.05, 4.69) is 10.1 Å². The molecule has 0 aromatic carbocycles. The fraction of sp³-hybridized carbons (Fsp3) is 0.438. The lowest BCUT2D eigenvalue weighted by Crippen LogP contribution is -2.58. The molecule has 29 heavy (non-hydrogen) atoms. The van der Waals surface area contributed by atoms with Crippen molar-refractivity contribution in [3.8, 4) is 0 Å². The van der Waals surface area contributed by atoms with E-state index in [1.807, 2.05) is 0 Å². The van der Waals surface area contributed by atoms with E-state index >= 15 is 0 Å². The molecule has 0 atom stereocenters. The normalized spacial score (nSPS) is 18.3. The number of alkyl halides is 8. The zero-order valence-corrected chi connectivity index (χ0v) is 14.7. The molecule has 2 rings (SSSR count). The van der Waals surface area contributed by atoms with E-state index in [0.29, 0.717) is 19.1 Å². The smallest absolute Gasteiger partial charge is 0.327 e. The Morgan fingerprint density at radius 2 is 1.83 bits per heavy atom. The van der Waals surface area contributed by atoms with Gasteiger partial charge < -0.3 is 4.90 Å². The highest BCUT2D eigenvalue weighted by Gasteiger charge is 2.45. The average molecular weight is 430 g/mol. The van der Waals surface area contributed by atoms with Crippen molar-refractivity contribution in [1.82, 2.24) is 19.7 Å². The van der Waals surface area contributed by atoms with E-state index in [9.17, 15) is 39.9 Å². The van der Waals surface area contributed by atoms with Gasteiger partial charge in [-0.25, -0.2) is 18.4 Å². The first kappa shape index (κ1) is 22.6. The third-order valence-corrected chi connectivity index (χ3v) is 3.67. The first-order chi connectivity index (χ1) is 13.2. The largest absolute Gasteiger partial charge is 0.412 e. The van der Waals surface area contributed by atoms with Crippen molar-refractivity contribution in [1.29, 1.82) is 0 Å². The van der Waals surface area contributed by atoms with Crippen LogP contribution in [0.3, 0.4) is 0 Å². The summed E-state index contributed by atoms with van der Waals surface area (Å²) in [7, 11) is 0. The van der Waals surface area contributed by atoms with Gasteiger partial charge in [0.2, 0.25) is 5.91 Å². The van der Waals surface area contributed by atoms with Crippen LogP contribution in [-0.2, 0) is 4.79 Å². The highest BCUT2D eigenvalue weighted by molar-refractivity contribution is 5.90. The monoisotopic (exact) mass is 430 g/mol. The van der Waals surface area contributed by atoms with E-state index in [1.165, 1.54) is 0 Å². The third kappa shape index (κ3) is 6.68. The van der Waals surface area contributed by atoms with Crippen LogP contribution in [0.4, 0.5) is 35.1 Å². The molecular formula is C16H14F8N4O. The topological polar surface area (TPSA) is 51.0 Å². The van der Waals surface area contributed by atoms with Gasteiger partial charge in [0.15, 0.2) is 5.82 Å². The van der Waals surface area contributed by atoms with Crippen LogP contribution in [0.1, 0.15) is 19.2 Å². The first-order valence-corrected chi connectivity index (χ1v) is 7.95. The lowest BCUT2D eigenvalue weighted by Gasteiger charge is -2.37. The number of likely N-dealkylation sites (tertiary alicyclic amines) is 1. The summed E-state index contributed by atoms with van der Waals surface area (Å²) in [6.07, 6.45) is -7.11. The van der Waals surface area contributed by atoms with E-state index in [4.69, 9.17) is 0 Å². The van der Waals surface area contributed by atoms with Gasteiger partial charge in [-0.05, 0) is 13.0 Å². The van der Waals surface area contributed by atoms with Gasteiger partial charge in [-0.15, -0.1) is 5.10 Å². The standard InChI is InChI=1S/C16H14F8N4O/c1-10(16(22,23)24)6-11(2-4-15(19,20)21)13-25-9-28(26-13)5-3-12(29)27-7-14(17,18)8-27/h2-3,5-6,9H,4,7-8H2,1H3/b5-3-,10-6+,11-2+. The molecule has 13 heteroatoms. The number of hydrogen-bond donors (Lipinski definition) is 0. The highest BCUT2D eigenvalue weighted by atomic mass is 19.4. The van der Waals surface area contributed by atoms with Crippen LogP contribution in [0.2, 0.25) is 0 Å². The van der Waals surface area contributed by atoms with E-state index < -0.39 is 60.7 Å². The second-order valence-corrected chi connectivity index (χ2v) is 6.22. The number of nitrogens with zero attached hydrogens (tertiary/aromatic N) is 4. The Bertz CT molecular complexity index is 840. The minimum atomic E-state index is -4.76. The van der Waals surface area contributed by atoms with Gasteiger partial charge in [-0.2, -0.15) is 26.3 Å². The SMILES string of the molecule is C/C(=C\C(=C/CC(F)(F)F)c1ncn(/C=C\C(=O)N2CC(F)(F)C2)n1)C(F)(F)F. The van der Waals surface area contributed by atoms with Crippen molar-refractivity contribution in [2.75, 3.05) is 13.1 Å². The van der Waals surface area contributed by atoms with E-state index in [0.717, 1.165) is 28.2 Å². The number of rotatable bonds is 5. The Hall–Kier alpha value is -2.73. The molecule has 160 valence electrons. The Morgan fingerprint density at radius 3 is 2.34 bits per heavy atom. The lowest BCUT2D eigenvalue weighted by atomic mass is 10.1. The summed E-state index contributed by atoms with van der Waals surface area (Å²) >= 11 is 0. The Kier molecular flexibility index (Phi) is 6.18. The minimum Gasteiger partial charge on any atom is -0.327 e. The van der Waals surface area contributed by atoms with Gasteiger partial charge in [-0.1, -0.05) is 6.08 Å². The van der Waals surface area contributed by atoms with Crippen LogP contribution >= 0.6 is 0 Å². The second kappa shape index (κ2) is 7.95. The molecule has 2 heterocycles. The molecule has 5 nitrogen and oxygen atoms in total. The van der Waals surface area contributed by atoms with Gasteiger partial charge in [0.05, 0.1) is 19.5 Å². The molecule has 0 spiro atoms. The summed E-state index contributed by atoms with van der Waals surface area (Å²) in [6.45, 7) is -0.810. The quantitative estimate of drug-likeness (QED) is 0.402. The summed E-state index contributed by atoms with van der Waals surface area (Å²) in [5.41, 5.74) is -1.68. The van der Waals surface area contributed by atoms with Crippen LogP contribution < -0.4 is 0 Å². The molecule has 0 radical (unpaired) electrons. The van der Waals surface area contributed by atoms with Crippen molar-refractivity contribution >= 4 is 17.7 Å². The zero-order valence-electron chi connectivity index (χ0n) is 14.7. The number of carbonyl (C=O) groups is 1. The summed E-state index contributed by atoms with van der Waals surface area (Å²) < 4.78 is 102. The maximum Gasteiger partial charge on any atom is 0.412 e. The molecule has 0 saturated carbocycles. The van der Waals surface area contributed by atoms with Gasteiger partial charge in [0.1, 0.15) is 6.33 Å². The number of amides is 1. The first-order valence-electron chi connectivity index (χ1n) is 7.95. The van der Waals surface area contributed by atoms with Crippen LogP contribution in [0.25, 0.3) is 11.8 Å². The summed E-state index contributed by atoms with van der Waals surface area (Å²) in [4.78, 5) is 16.2. The number of allylic oxidation sites excluding steroid dienone is 4. The molecule has 1 fully saturated rings. The van der Waals surface area contributed by atoms with Crippen LogP contribution in [-0.4, -0.2) is 56.9 Å². The molecule has 0 bridgehead atoms. The van der Waals surface area contributed by atoms with Crippen LogP contribution in [0, 0.1) is 0 Å². The summed E-state index contributed by atoms with van der Waals surface area (Å²) in [5.74, 6) is -4.15. The number of hydrogen-bond acceptors (Lipinski definition) is 3. The minimum absolute atomic E-state index is 0.439. The van der Waals surface area contributed by atoms with Gasteiger partial charge in [0, 0.05) is 23.4 Å². The average Bonchev–Trinajstić information content (AvgIpc) is 3.01. The molecule has 0 aliphatic carbocycles. The predicted octanol–water partition coefficient (Wildman–Crippen LogP) is 4.07. The number of halogens is 8. The molecule has 1 aromatic rings. The van der Waals surface area contributed by atoms with Gasteiger partial charge in [-0.3, -0.25) is 4.79 Å². The molecule has 1 aliphatic heterocycles.